The third-order valence-electron chi connectivity index (χ3n) is 5.38. The first kappa shape index (κ1) is 22.1. The number of aromatic amines is 1. The van der Waals surface area contributed by atoms with Crippen molar-refractivity contribution in [2.45, 2.75) is 6.54 Å². The topological polar surface area (TPSA) is 106 Å². The molecule has 0 unspecified atom stereocenters. The van der Waals surface area contributed by atoms with Crippen molar-refractivity contribution in [1.82, 2.24) is 30.0 Å². The molecular weight excluding hydrogens is 451 g/mol. The quantitative estimate of drug-likeness (QED) is 0.360. The van der Waals surface area contributed by atoms with Crippen molar-refractivity contribution in [2.24, 2.45) is 7.05 Å². The minimum absolute atomic E-state index is 0.0431. The fourth-order valence-corrected chi connectivity index (χ4v) is 3.64. The van der Waals surface area contributed by atoms with Crippen molar-refractivity contribution >= 4 is 22.7 Å². The number of anilines is 2. The van der Waals surface area contributed by atoms with Crippen LogP contribution in [0.25, 0.3) is 22.4 Å². The van der Waals surface area contributed by atoms with Gasteiger partial charge in [0.2, 0.25) is 6.20 Å². The maximum atomic E-state index is 15.5. The summed E-state index contributed by atoms with van der Waals surface area (Å²) < 4.78 is 27.9. The van der Waals surface area contributed by atoms with E-state index >= 15 is 4.39 Å². The van der Waals surface area contributed by atoms with Gasteiger partial charge in [-0.15, -0.1) is 4.68 Å². The second-order valence-corrected chi connectivity index (χ2v) is 7.65. The van der Waals surface area contributed by atoms with E-state index in [9.17, 15) is 0 Å². The van der Waals surface area contributed by atoms with E-state index in [2.05, 4.69) is 25.0 Å². The number of pyridine rings is 1. The van der Waals surface area contributed by atoms with Crippen LogP contribution in [0, 0.1) is 5.82 Å². The summed E-state index contributed by atoms with van der Waals surface area (Å²) in [6, 6.07) is 8.32. The summed E-state index contributed by atoms with van der Waals surface area (Å²) in [5.74, 6) is 0.827. The van der Waals surface area contributed by atoms with E-state index in [-0.39, 0.29) is 18.0 Å². The molecule has 0 bridgehead atoms. The molecular formula is C24H22FN8O2+. The number of fused-ring (bicyclic) bond motifs is 1. The molecule has 0 saturated carbocycles. The van der Waals surface area contributed by atoms with Crippen LogP contribution < -0.4 is 19.1 Å². The average molecular weight is 473 g/mol. The summed E-state index contributed by atoms with van der Waals surface area (Å²) >= 11 is 0. The van der Waals surface area contributed by atoms with Crippen molar-refractivity contribution in [3.63, 3.8) is 0 Å². The van der Waals surface area contributed by atoms with Crippen molar-refractivity contribution < 1.29 is 18.5 Å². The summed E-state index contributed by atoms with van der Waals surface area (Å²) in [4.78, 5) is 24.2. The van der Waals surface area contributed by atoms with Crippen LogP contribution in [0.2, 0.25) is 0 Å². The number of aryl methyl sites for hydroxylation is 1. The maximum Gasteiger partial charge on any atom is 0.204 e. The second-order valence-electron chi connectivity index (χ2n) is 7.65. The molecule has 1 aromatic carbocycles. The molecule has 1 N–H and O–H groups in total. The molecule has 0 aliphatic rings. The Morgan fingerprint density at radius 2 is 1.89 bits per heavy atom. The van der Waals surface area contributed by atoms with Crippen molar-refractivity contribution in [3.8, 4) is 22.8 Å². The molecule has 0 aliphatic heterocycles. The van der Waals surface area contributed by atoms with E-state index in [1.807, 2.05) is 24.1 Å². The van der Waals surface area contributed by atoms with E-state index < -0.39 is 5.82 Å². The average Bonchev–Trinajstić information content (AvgIpc) is 3.34. The predicted octanol–water partition coefficient (Wildman–Crippen LogP) is 3.13. The van der Waals surface area contributed by atoms with Crippen LogP contribution in [0.1, 0.15) is 5.82 Å². The van der Waals surface area contributed by atoms with E-state index in [1.165, 1.54) is 20.3 Å². The minimum Gasteiger partial charge on any atom is -0.497 e. The van der Waals surface area contributed by atoms with Crippen molar-refractivity contribution in [2.75, 3.05) is 19.1 Å². The Labute approximate surface area is 200 Å². The Balaban J connectivity index is 1.65. The predicted molar refractivity (Wildman–Crippen MR) is 126 cm³/mol. The molecule has 0 atom stereocenters. The van der Waals surface area contributed by atoms with E-state index in [0.29, 0.717) is 34.2 Å². The number of rotatable bonds is 7. The van der Waals surface area contributed by atoms with Gasteiger partial charge in [-0.3, -0.25) is 4.98 Å². The van der Waals surface area contributed by atoms with Crippen LogP contribution >= 0.6 is 0 Å². The van der Waals surface area contributed by atoms with Gasteiger partial charge in [0.25, 0.3) is 0 Å². The van der Waals surface area contributed by atoms with Gasteiger partial charge in [0.05, 0.1) is 50.1 Å². The van der Waals surface area contributed by atoms with Gasteiger partial charge < -0.3 is 14.4 Å². The zero-order valence-electron chi connectivity index (χ0n) is 19.3. The van der Waals surface area contributed by atoms with Crippen LogP contribution in [0.15, 0.2) is 61.3 Å². The molecule has 5 aromatic rings. The van der Waals surface area contributed by atoms with E-state index in [4.69, 9.17) is 14.5 Å². The Bertz CT molecular complexity index is 1490. The number of aromatic nitrogens is 7. The number of benzene rings is 1. The zero-order valence-corrected chi connectivity index (χ0v) is 19.3. The number of halogens is 1. The molecule has 0 fully saturated rings. The largest absolute Gasteiger partial charge is 0.497 e. The Morgan fingerprint density at radius 3 is 2.60 bits per heavy atom. The molecule has 5 rings (SSSR count). The lowest BCUT2D eigenvalue weighted by atomic mass is 10.2. The Morgan fingerprint density at radius 1 is 1.06 bits per heavy atom. The third-order valence-corrected chi connectivity index (χ3v) is 5.38. The molecule has 0 aliphatic carbocycles. The molecule has 4 aromatic heterocycles. The van der Waals surface area contributed by atoms with Crippen LogP contribution in [-0.4, -0.2) is 44.2 Å². The number of methoxy groups -OCH3 is 2. The highest BCUT2D eigenvalue weighted by atomic mass is 19.1. The van der Waals surface area contributed by atoms with Crippen molar-refractivity contribution in [1.29, 1.82) is 0 Å². The first-order valence-electron chi connectivity index (χ1n) is 10.7. The molecule has 10 nitrogen and oxygen atoms in total. The van der Waals surface area contributed by atoms with Gasteiger partial charge in [-0.1, -0.05) is 0 Å². The number of nitrogens with one attached hydrogen (secondary N) is 1. The summed E-state index contributed by atoms with van der Waals surface area (Å²) in [6.07, 6.45) is 8.68. The molecule has 176 valence electrons. The first-order chi connectivity index (χ1) is 17.1. The van der Waals surface area contributed by atoms with E-state index in [1.54, 1.807) is 47.8 Å². The highest BCUT2D eigenvalue weighted by Gasteiger charge is 2.22. The standard InChI is InChI=1S/C24H21FN8O2/c1-32-13-15(11-29-32)18-12-28-17-5-6-22(31-24(17)30-18)33(14-21-26-7-4-8-27-21)19-9-16(34-2)10-20(35-3)23(19)25/h4-13H,14H2,1-3H3/p+1. The molecule has 0 spiro atoms. The molecule has 0 saturated heterocycles. The van der Waals surface area contributed by atoms with Crippen LogP contribution in [0.5, 0.6) is 11.5 Å². The van der Waals surface area contributed by atoms with Gasteiger partial charge >= 0.3 is 0 Å². The Hall–Kier alpha value is -4.67. The van der Waals surface area contributed by atoms with Gasteiger partial charge in [0, 0.05) is 24.5 Å². The lowest BCUT2D eigenvalue weighted by Gasteiger charge is -2.25. The molecule has 35 heavy (non-hydrogen) atoms. The van der Waals surface area contributed by atoms with Gasteiger partial charge in [0.15, 0.2) is 24.3 Å². The number of hydrogen-bond acceptors (Lipinski definition) is 8. The summed E-state index contributed by atoms with van der Waals surface area (Å²) in [7, 11) is 4.79. The fraction of sp³-hybridized carbons (Fsp3) is 0.167. The van der Waals surface area contributed by atoms with Crippen LogP contribution in [0.4, 0.5) is 15.9 Å². The highest BCUT2D eigenvalue weighted by Crippen LogP contribution is 2.37. The zero-order chi connectivity index (χ0) is 24.4. The van der Waals surface area contributed by atoms with Crippen molar-refractivity contribution in [3.05, 3.63) is 73.0 Å². The minimum atomic E-state index is -0.564. The molecule has 0 amide bonds. The summed E-state index contributed by atoms with van der Waals surface area (Å²) in [6.45, 7) is 0.146. The number of hydrogen-bond donors (Lipinski definition) is 1. The lowest BCUT2D eigenvalue weighted by molar-refractivity contribution is -0.726. The third kappa shape index (κ3) is 4.43. The van der Waals surface area contributed by atoms with E-state index in [0.717, 1.165) is 5.56 Å². The SMILES string of the molecule is COc1cc(OC)c(F)c(N(Cc2ncccn2)c2ccc3ncc(-c4c[nH][n+](C)c4)nc3n2)c1. The fourth-order valence-electron chi connectivity index (χ4n) is 3.64. The number of nitrogens with zero attached hydrogens (tertiary/aromatic N) is 7. The monoisotopic (exact) mass is 473 g/mol. The number of H-pyrrole nitrogens is 1. The maximum absolute atomic E-state index is 15.5. The molecule has 11 heteroatoms. The normalized spacial score (nSPS) is 11.0. The first-order valence-corrected chi connectivity index (χ1v) is 10.7. The summed E-state index contributed by atoms with van der Waals surface area (Å²) in [5, 5.41) is 3.06. The van der Waals surface area contributed by atoms with Gasteiger partial charge in [-0.2, -0.15) is 5.10 Å². The summed E-state index contributed by atoms with van der Waals surface area (Å²) in [5.41, 5.74) is 2.75. The van der Waals surface area contributed by atoms with Crippen LogP contribution in [0.3, 0.4) is 0 Å². The van der Waals surface area contributed by atoms with Gasteiger partial charge in [-0.05, 0) is 18.2 Å². The number of ether oxygens (including phenoxy) is 2. The molecule has 0 radical (unpaired) electrons. The molecule has 4 heterocycles. The van der Waals surface area contributed by atoms with Gasteiger partial charge in [-0.25, -0.2) is 24.3 Å². The smallest absolute Gasteiger partial charge is 0.204 e. The second kappa shape index (κ2) is 9.29. The lowest BCUT2D eigenvalue weighted by Crippen LogP contribution is -2.27. The van der Waals surface area contributed by atoms with Gasteiger partial charge in [0.1, 0.15) is 22.9 Å². The van der Waals surface area contributed by atoms with Crippen LogP contribution in [-0.2, 0) is 13.6 Å². The highest BCUT2D eigenvalue weighted by molar-refractivity contribution is 5.77. The Kier molecular flexibility index (Phi) is 5.88.